The van der Waals surface area contributed by atoms with E-state index in [9.17, 15) is 23.3 Å². The Bertz CT molecular complexity index is 510. The Morgan fingerprint density at radius 2 is 1.81 bits per heavy atom. The number of alkyl halides is 3. The van der Waals surface area contributed by atoms with Gasteiger partial charge in [-0.1, -0.05) is 0 Å². The normalized spacial score (nSPS) is 12.3. The summed E-state index contributed by atoms with van der Waals surface area (Å²) in [5.41, 5.74) is -1.65. The average molecular weight is 305 g/mol. The predicted octanol–water partition coefficient (Wildman–Crippen LogP) is 3.41. The molecule has 0 aliphatic carbocycles. The zero-order valence-electron chi connectivity index (χ0n) is 12.0. The molecule has 0 aliphatic rings. The van der Waals surface area contributed by atoms with Gasteiger partial charge < -0.3 is 10.6 Å². The van der Waals surface area contributed by atoms with Crippen LogP contribution in [0.3, 0.4) is 0 Å². The quantitative estimate of drug-likeness (QED) is 0.497. The fourth-order valence-corrected chi connectivity index (χ4v) is 1.64. The Kier molecular flexibility index (Phi) is 5.16. The molecule has 0 heterocycles. The first-order chi connectivity index (χ1) is 9.50. The molecular formula is C13H18F3N3O2. The van der Waals surface area contributed by atoms with Crippen molar-refractivity contribution in [2.24, 2.45) is 0 Å². The molecule has 0 fully saturated rings. The van der Waals surface area contributed by atoms with Crippen LogP contribution in [0.1, 0.15) is 26.3 Å². The van der Waals surface area contributed by atoms with E-state index in [1.807, 2.05) is 20.8 Å². The SMILES string of the molecule is CC(C)(C)NCCNc1ccc(C(F)(F)F)cc1[N+](=O)[O-]. The maximum atomic E-state index is 12.5. The molecular weight excluding hydrogens is 287 g/mol. The highest BCUT2D eigenvalue weighted by Gasteiger charge is 2.32. The minimum atomic E-state index is -4.60. The Morgan fingerprint density at radius 3 is 2.29 bits per heavy atom. The highest BCUT2D eigenvalue weighted by atomic mass is 19.4. The van der Waals surface area contributed by atoms with Gasteiger partial charge in [-0.2, -0.15) is 13.2 Å². The van der Waals surface area contributed by atoms with Crippen molar-refractivity contribution < 1.29 is 18.1 Å². The van der Waals surface area contributed by atoms with Crippen molar-refractivity contribution in [2.75, 3.05) is 18.4 Å². The molecule has 0 saturated heterocycles. The Balaban J connectivity index is 2.81. The van der Waals surface area contributed by atoms with Crippen LogP contribution in [0.15, 0.2) is 18.2 Å². The van der Waals surface area contributed by atoms with Gasteiger partial charge in [-0.25, -0.2) is 0 Å². The Hall–Kier alpha value is -1.83. The predicted molar refractivity (Wildman–Crippen MR) is 74.3 cm³/mol. The van der Waals surface area contributed by atoms with Gasteiger partial charge in [0.15, 0.2) is 0 Å². The summed E-state index contributed by atoms with van der Waals surface area (Å²) in [6, 6.07) is 2.45. The first-order valence-corrected chi connectivity index (χ1v) is 6.35. The first kappa shape index (κ1) is 17.2. The second-order valence-electron chi connectivity index (χ2n) is 5.59. The van der Waals surface area contributed by atoms with E-state index < -0.39 is 22.4 Å². The summed E-state index contributed by atoms with van der Waals surface area (Å²) in [7, 11) is 0. The van der Waals surface area contributed by atoms with Crippen LogP contribution in [0.4, 0.5) is 24.5 Å². The third kappa shape index (κ3) is 5.58. The van der Waals surface area contributed by atoms with Gasteiger partial charge >= 0.3 is 6.18 Å². The summed E-state index contributed by atoms with van der Waals surface area (Å²) >= 11 is 0. The maximum absolute atomic E-state index is 12.5. The van der Waals surface area contributed by atoms with E-state index in [1.165, 1.54) is 0 Å². The number of rotatable bonds is 5. The standard InChI is InChI=1S/C13H18F3N3O2/c1-12(2,3)18-7-6-17-10-5-4-9(13(14,15)16)8-11(10)19(20)21/h4-5,8,17-18H,6-7H2,1-3H3. The van der Waals surface area contributed by atoms with E-state index in [4.69, 9.17) is 0 Å². The van der Waals surface area contributed by atoms with Crippen molar-refractivity contribution in [3.63, 3.8) is 0 Å². The van der Waals surface area contributed by atoms with E-state index in [2.05, 4.69) is 10.6 Å². The Morgan fingerprint density at radius 1 is 1.19 bits per heavy atom. The van der Waals surface area contributed by atoms with Crippen molar-refractivity contribution in [1.82, 2.24) is 5.32 Å². The van der Waals surface area contributed by atoms with Gasteiger partial charge in [0.25, 0.3) is 5.69 Å². The number of nitrogens with one attached hydrogen (secondary N) is 2. The van der Waals surface area contributed by atoms with Crippen LogP contribution in [-0.2, 0) is 6.18 Å². The summed E-state index contributed by atoms with van der Waals surface area (Å²) in [5.74, 6) is 0. The minimum Gasteiger partial charge on any atom is -0.378 e. The number of nitro benzene ring substituents is 1. The van der Waals surface area contributed by atoms with Gasteiger partial charge in [0, 0.05) is 24.7 Å². The summed E-state index contributed by atoms with van der Waals surface area (Å²) in [4.78, 5) is 10.1. The topological polar surface area (TPSA) is 67.2 Å². The molecule has 21 heavy (non-hydrogen) atoms. The van der Waals surface area contributed by atoms with Crippen LogP contribution in [0, 0.1) is 10.1 Å². The van der Waals surface area contributed by atoms with Crippen LogP contribution >= 0.6 is 0 Å². The van der Waals surface area contributed by atoms with E-state index in [0.717, 1.165) is 12.1 Å². The van der Waals surface area contributed by atoms with Crippen molar-refractivity contribution in [3.05, 3.63) is 33.9 Å². The van der Waals surface area contributed by atoms with Gasteiger partial charge in [0.2, 0.25) is 0 Å². The summed E-state index contributed by atoms with van der Waals surface area (Å²) < 4.78 is 37.6. The minimum absolute atomic E-state index is 0.0729. The molecule has 0 bridgehead atoms. The van der Waals surface area contributed by atoms with Gasteiger partial charge in [-0.3, -0.25) is 10.1 Å². The monoisotopic (exact) mass is 305 g/mol. The number of benzene rings is 1. The van der Waals surface area contributed by atoms with Gasteiger partial charge in [0.05, 0.1) is 10.5 Å². The highest BCUT2D eigenvalue weighted by molar-refractivity contribution is 5.62. The van der Waals surface area contributed by atoms with Gasteiger partial charge in [-0.15, -0.1) is 0 Å². The molecule has 8 heteroatoms. The number of halogens is 3. The van der Waals surface area contributed by atoms with Crippen molar-refractivity contribution in [2.45, 2.75) is 32.5 Å². The number of anilines is 1. The smallest absolute Gasteiger partial charge is 0.378 e. The lowest BCUT2D eigenvalue weighted by Crippen LogP contribution is -2.38. The molecule has 0 atom stereocenters. The van der Waals surface area contributed by atoms with Crippen LogP contribution in [0.2, 0.25) is 0 Å². The molecule has 0 amide bonds. The summed E-state index contributed by atoms with van der Waals surface area (Å²) in [6.45, 7) is 6.79. The fraction of sp³-hybridized carbons (Fsp3) is 0.538. The third-order valence-corrected chi connectivity index (χ3v) is 2.62. The third-order valence-electron chi connectivity index (χ3n) is 2.62. The van der Waals surface area contributed by atoms with E-state index in [0.29, 0.717) is 19.2 Å². The lowest BCUT2D eigenvalue weighted by atomic mass is 10.1. The number of hydrogen-bond donors (Lipinski definition) is 2. The van der Waals surface area contributed by atoms with E-state index in [1.54, 1.807) is 0 Å². The Labute approximate surface area is 120 Å². The maximum Gasteiger partial charge on any atom is 0.416 e. The molecule has 2 N–H and O–H groups in total. The molecule has 118 valence electrons. The first-order valence-electron chi connectivity index (χ1n) is 6.35. The number of nitro groups is 1. The van der Waals surface area contributed by atoms with Crippen LogP contribution in [-0.4, -0.2) is 23.6 Å². The molecule has 1 aromatic rings. The molecule has 0 aliphatic heterocycles. The van der Waals surface area contributed by atoms with Crippen LogP contribution < -0.4 is 10.6 Å². The largest absolute Gasteiger partial charge is 0.416 e. The molecule has 0 spiro atoms. The summed E-state index contributed by atoms with van der Waals surface area (Å²) in [5, 5.41) is 16.8. The van der Waals surface area contributed by atoms with E-state index >= 15 is 0 Å². The molecule has 1 rings (SSSR count). The summed E-state index contributed by atoms with van der Waals surface area (Å²) in [6.07, 6.45) is -4.60. The number of hydrogen-bond acceptors (Lipinski definition) is 4. The lowest BCUT2D eigenvalue weighted by molar-refractivity contribution is -0.384. The van der Waals surface area contributed by atoms with Gasteiger partial charge in [0.1, 0.15) is 5.69 Å². The molecule has 0 saturated carbocycles. The van der Waals surface area contributed by atoms with Crippen LogP contribution in [0.5, 0.6) is 0 Å². The molecule has 1 aromatic carbocycles. The molecule has 0 aromatic heterocycles. The second kappa shape index (κ2) is 6.30. The molecule has 0 unspecified atom stereocenters. The van der Waals surface area contributed by atoms with Crippen molar-refractivity contribution in [1.29, 1.82) is 0 Å². The van der Waals surface area contributed by atoms with Crippen molar-refractivity contribution >= 4 is 11.4 Å². The lowest BCUT2D eigenvalue weighted by Gasteiger charge is -2.20. The molecule has 0 radical (unpaired) electrons. The molecule has 5 nitrogen and oxygen atoms in total. The van der Waals surface area contributed by atoms with Crippen molar-refractivity contribution in [3.8, 4) is 0 Å². The number of nitrogens with zero attached hydrogens (tertiary/aromatic N) is 1. The van der Waals surface area contributed by atoms with E-state index in [-0.39, 0.29) is 11.2 Å². The van der Waals surface area contributed by atoms with Crippen LogP contribution in [0.25, 0.3) is 0 Å². The zero-order valence-corrected chi connectivity index (χ0v) is 12.0. The highest BCUT2D eigenvalue weighted by Crippen LogP contribution is 2.34. The fourth-order valence-electron chi connectivity index (χ4n) is 1.64. The zero-order chi connectivity index (χ0) is 16.3. The second-order valence-corrected chi connectivity index (χ2v) is 5.59. The van der Waals surface area contributed by atoms with Gasteiger partial charge in [-0.05, 0) is 32.9 Å². The average Bonchev–Trinajstić information content (AvgIpc) is 2.32.